The summed E-state index contributed by atoms with van der Waals surface area (Å²) in [7, 11) is 0. The van der Waals surface area contributed by atoms with Crippen LogP contribution in [0.1, 0.15) is 34.6 Å². The minimum absolute atomic E-state index is 0.284. The summed E-state index contributed by atoms with van der Waals surface area (Å²) in [5.74, 6) is -0.223. The smallest absolute Gasteiger partial charge is 0.263 e. The van der Waals surface area contributed by atoms with Crippen molar-refractivity contribution in [2.45, 2.75) is 20.1 Å². The van der Waals surface area contributed by atoms with Gasteiger partial charge in [-0.2, -0.15) is 0 Å². The highest BCUT2D eigenvalue weighted by Crippen LogP contribution is 2.25. The number of hydrogen-bond donors (Lipinski definition) is 0. The molecule has 0 aromatic heterocycles. The van der Waals surface area contributed by atoms with Crippen molar-refractivity contribution in [3.63, 3.8) is 0 Å². The zero-order valence-electron chi connectivity index (χ0n) is 10.9. The number of fused-ring (bicyclic) bond motifs is 1. The average molecular weight is 326 g/mol. The quantitative estimate of drug-likeness (QED) is 0.617. The molecule has 4 nitrogen and oxygen atoms in total. The van der Waals surface area contributed by atoms with Crippen molar-refractivity contribution >= 4 is 27.7 Å². The topological polar surface area (TPSA) is 46.6 Å². The van der Waals surface area contributed by atoms with Crippen LogP contribution >= 0.6 is 15.9 Å². The minimum atomic E-state index is -0.560. The van der Waals surface area contributed by atoms with Gasteiger partial charge in [-0.15, -0.1) is 0 Å². The largest absolute Gasteiger partial charge is 0.357 e. The number of carbonyl (C=O) groups excluding carboxylic acids is 2. The van der Waals surface area contributed by atoms with E-state index in [1.165, 1.54) is 4.90 Å². The fourth-order valence-corrected chi connectivity index (χ4v) is 2.44. The maximum Gasteiger partial charge on any atom is 0.263 e. The first-order valence-corrected chi connectivity index (χ1v) is 7.33. The summed E-state index contributed by atoms with van der Waals surface area (Å²) in [6.07, 6.45) is -0.560. The summed E-state index contributed by atoms with van der Waals surface area (Å²) >= 11 is 3.30. The highest BCUT2D eigenvalue weighted by atomic mass is 79.9. The Morgan fingerprint density at radius 3 is 2.11 bits per heavy atom. The SMILES string of the molecule is CC(C)COC(CBr)N1C(=O)c2ccccc2C1=O. The third kappa shape index (κ3) is 2.72. The van der Waals surface area contributed by atoms with Gasteiger partial charge < -0.3 is 4.74 Å². The highest BCUT2D eigenvalue weighted by Gasteiger charge is 2.39. The van der Waals surface area contributed by atoms with Gasteiger partial charge in [0, 0.05) is 5.33 Å². The summed E-state index contributed by atoms with van der Waals surface area (Å²) in [6.45, 7) is 4.55. The van der Waals surface area contributed by atoms with Gasteiger partial charge in [0.05, 0.1) is 17.7 Å². The van der Waals surface area contributed by atoms with Crippen LogP contribution in [0.5, 0.6) is 0 Å². The predicted octanol–water partition coefficient (Wildman–Crippen LogP) is 2.68. The Labute approximate surface area is 120 Å². The van der Waals surface area contributed by atoms with Crippen LogP contribution in [0.4, 0.5) is 0 Å². The summed E-state index contributed by atoms with van der Waals surface area (Å²) < 4.78 is 5.65. The molecule has 0 saturated heterocycles. The zero-order chi connectivity index (χ0) is 14.0. The maximum absolute atomic E-state index is 12.3. The van der Waals surface area contributed by atoms with Crippen molar-refractivity contribution in [2.75, 3.05) is 11.9 Å². The fourth-order valence-electron chi connectivity index (χ4n) is 1.96. The molecule has 0 radical (unpaired) electrons. The molecule has 0 saturated carbocycles. The van der Waals surface area contributed by atoms with E-state index < -0.39 is 6.23 Å². The molecule has 1 aliphatic heterocycles. The van der Waals surface area contributed by atoms with Crippen LogP contribution < -0.4 is 0 Å². The van der Waals surface area contributed by atoms with Gasteiger partial charge in [0.1, 0.15) is 6.23 Å². The van der Waals surface area contributed by atoms with E-state index in [4.69, 9.17) is 4.74 Å². The molecule has 2 rings (SSSR count). The number of halogens is 1. The standard InChI is InChI=1S/C14H16BrNO3/c1-9(2)8-19-12(7-15)16-13(17)10-5-3-4-6-11(10)14(16)18/h3-6,9,12H,7-8H2,1-2H3. The molecule has 0 N–H and O–H groups in total. The van der Waals surface area contributed by atoms with Gasteiger partial charge in [0.15, 0.2) is 0 Å². The third-order valence-electron chi connectivity index (χ3n) is 2.87. The first-order chi connectivity index (χ1) is 9.06. The lowest BCUT2D eigenvalue weighted by molar-refractivity contribution is -0.0284. The van der Waals surface area contributed by atoms with Crippen molar-refractivity contribution < 1.29 is 14.3 Å². The van der Waals surface area contributed by atoms with Gasteiger partial charge in [-0.25, -0.2) is 4.90 Å². The van der Waals surface area contributed by atoms with Crippen LogP contribution in [0.2, 0.25) is 0 Å². The van der Waals surface area contributed by atoms with Crippen LogP contribution in [0.15, 0.2) is 24.3 Å². The van der Waals surface area contributed by atoms with Crippen molar-refractivity contribution in [3.8, 4) is 0 Å². The van der Waals surface area contributed by atoms with Crippen molar-refractivity contribution in [1.29, 1.82) is 0 Å². The van der Waals surface area contributed by atoms with Crippen LogP contribution in [0.3, 0.4) is 0 Å². The Hall–Kier alpha value is -1.20. The second-order valence-corrected chi connectivity index (χ2v) is 5.51. The molecule has 2 amide bonds. The second-order valence-electron chi connectivity index (χ2n) is 4.86. The molecule has 0 fully saturated rings. The highest BCUT2D eigenvalue weighted by molar-refractivity contribution is 9.09. The molecular formula is C14H16BrNO3. The number of hydrogen-bond acceptors (Lipinski definition) is 3. The number of alkyl halides is 1. The van der Waals surface area contributed by atoms with E-state index in [2.05, 4.69) is 15.9 Å². The second kappa shape index (κ2) is 5.84. The van der Waals surface area contributed by atoms with Crippen LogP contribution in [0, 0.1) is 5.92 Å². The van der Waals surface area contributed by atoms with Gasteiger partial charge in [-0.05, 0) is 18.1 Å². The molecule has 1 aromatic carbocycles. The van der Waals surface area contributed by atoms with Crippen LogP contribution in [0.25, 0.3) is 0 Å². The Kier molecular flexibility index (Phi) is 4.37. The van der Waals surface area contributed by atoms with Crippen molar-refractivity contribution in [3.05, 3.63) is 35.4 Å². The molecule has 0 bridgehead atoms. The van der Waals surface area contributed by atoms with Gasteiger partial charge >= 0.3 is 0 Å². The van der Waals surface area contributed by atoms with Gasteiger partial charge in [0.2, 0.25) is 0 Å². The molecule has 0 aliphatic carbocycles. The van der Waals surface area contributed by atoms with E-state index in [1.807, 2.05) is 13.8 Å². The van der Waals surface area contributed by atoms with E-state index in [9.17, 15) is 9.59 Å². The molecule has 19 heavy (non-hydrogen) atoms. The summed E-state index contributed by atoms with van der Waals surface area (Å²) in [6, 6.07) is 6.85. The van der Waals surface area contributed by atoms with E-state index in [0.717, 1.165) is 0 Å². The lowest BCUT2D eigenvalue weighted by Crippen LogP contribution is -2.43. The van der Waals surface area contributed by atoms with Gasteiger partial charge in [-0.3, -0.25) is 9.59 Å². The normalized spacial score (nSPS) is 16.1. The Bertz CT molecular complexity index is 466. The summed E-state index contributed by atoms with van der Waals surface area (Å²) in [4.78, 5) is 25.7. The lowest BCUT2D eigenvalue weighted by atomic mass is 10.1. The number of ether oxygens (including phenoxy) is 1. The monoisotopic (exact) mass is 325 g/mol. The van der Waals surface area contributed by atoms with Crippen molar-refractivity contribution in [1.82, 2.24) is 4.90 Å². The fraction of sp³-hybridized carbons (Fsp3) is 0.429. The number of benzene rings is 1. The molecule has 1 unspecified atom stereocenters. The van der Waals surface area contributed by atoms with Crippen LogP contribution in [-0.4, -0.2) is 34.9 Å². The summed E-state index contributed by atoms with van der Waals surface area (Å²) in [5.41, 5.74) is 0.901. The molecule has 1 heterocycles. The van der Waals surface area contributed by atoms with E-state index in [0.29, 0.717) is 29.0 Å². The van der Waals surface area contributed by atoms with E-state index >= 15 is 0 Å². The Balaban J connectivity index is 2.22. The van der Waals surface area contributed by atoms with E-state index in [1.54, 1.807) is 24.3 Å². The van der Waals surface area contributed by atoms with Gasteiger partial charge in [0.25, 0.3) is 11.8 Å². The Morgan fingerprint density at radius 2 is 1.68 bits per heavy atom. The van der Waals surface area contributed by atoms with Crippen LogP contribution in [-0.2, 0) is 4.74 Å². The molecule has 1 atom stereocenters. The first kappa shape index (κ1) is 14.2. The predicted molar refractivity (Wildman–Crippen MR) is 75.3 cm³/mol. The maximum atomic E-state index is 12.3. The third-order valence-corrected chi connectivity index (χ3v) is 3.42. The minimum Gasteiger partial charge on any atom is -0.357 e. The number of rotatable bonds is 5. The zero-order valence-corrected chi connectivity index (χ0v) is 12.5. The molecule has 0 spiro atoms. The average Bonchev–Trinajstić information content (AvgIpc) is 2.65. The molecular weight excluding hydrogens is 310 g/mol. The Morgan fingerprint density at radius 1 is 1.16 bits per heavy atom. The first-order valence-electron chi connectivity index (χ1n) is 6.20. The number of nitrogens with zero attached hydrogens (tertiary/aromatic N) is 1. The molecule has 5 heteroatoms. The number of carbonyl (C=O) groups is 2. The summed E-state index contributed by atoms with van der Waals surface area (Å²) in [5, 5.41) is 0.408. The number of imide groups is 1. The van der Waals surface area contributed by atoms with Crippen molar-refractivity contribution in [2.24, 2.45) is 5.92 Å². The molecule has 102 valence electrons. The lowest BCUT2D eigenvalue weighted by Gasteiger charge is -2.25. The van der Waals surface area contributed by atoms with Gasteiger partial charge in [-0.1, -0.05) is 41.9 Å². The number of amides is 2. The molecule has 1 aliphatic rings. The van der Waals surface area contributed by atoms with E-state index in [-0.39, 0.29) is 11.8 Å². The molecule has 1 aromatic rings.